The fourth-order valence-electron chi connectivity index (χ4n) is 1.33. The lowest BCUT2D eigenvalue weighted by Crippen LogP contribution is -2.02. The number of rotatable bonds is 4. The largest absolute Gasteiger partial charge is 0.398 e. The number of hydrogen-bond acceptors (Lipinski definition) is 5. The van der Waals surface area contributed by atoms with Crippen LogP contribution in [0.4, 0.5) is 10.8 Å². The summed E-state index contributed by atoms with van der Waals surface area (Å²) in [4.78, 5) is 0. The summed E-state index contributed by atoms with van der Waals surface area (Å²) in [6, 6.07) is 7.81. The number of aryl methyl sites for hydroxylation is 1. The summed E-state index contributed by atoms with van der Waals surface area (Å²) in [6.07, 6.45) is 0.923. The van der Waals surface area contributed by atoms with Gasteiger partial charge < -0.3 is 11.1 Å². The van der Waals surface area contributed by atoms with Crippen LogP contribution in [0.1, 0.15) is 17.5 Å². The molecule has 5 heteroatoms. The van der Waals surface area contributed by atoms with Crippen LogP contribution in [0.5, 0.6) is 0 Å². The molecule has 0 saturated carbocycles. The van der Waals surface area contributed by atoms with Crippen molar-refractivity contribution in [1.29, 1.82) is 0 Å². The first-order valence-corrected chi connectivity index (χ1v) is 6.01. The number of nitrogens with two attached hydrogens (primary N) is 1. The molecule has 1 aromatic carbocycles. The van der Waals surface area contributed by atoms with E-state index in [1.807, 2.05) is 24.3 Å². The third-order valence-electron chi connectivity index (χ3n) is 2.25. The zero-order valence-corrected chi connectivity index (χ0v) is 9.92. The lowest BCUT2D eigenvalue weighted by atomic mass is 10.2. The van der Waals surface area contributed by atoms with Crippen LogP contribution in [-0.4, -0.2) is 10.2 Å². The Balaban J connectivity index is 1.99. The highest BCUT2D eigenvalue weighted by atomic mass is 32.1. The van der Waals surface area contributed by atoms with Gasteiger partial charge in [0.15, 0.2) is 0 Å². The molecule has 3 N–H and O–H groups in total. The maximum Gasteiger partial charge on any atom is 0.205 e. The topological polar surface area (TPSA) is 63.8 Å². The number of hydrogen-bond donors (Lipinski definition) is 2. The Morgan fingerprint density at radius 3 is 2.81 bits per heavy atom. The van der Waals surface area contributed by atoms with Crippen LogP contribution in [0.3, 0.4) is 0 Å². The van der Waals surface area contributed by atoms with E-state index in [-0.39, 0.29) is 0 Å². The first-order valence-electron chi connectivity index (χ1n) is 5.19. The molecule has 4 nitrogen and oxygen atoms in total. The molecule has 0 fully saturated rings. The molecule has 0 aliphatic heterocycles. The third-order valence-corrected chi connectivity index (χ3v) is 3.28. The monoisotopic (exact) mass is 234 g/mol. The van der Waals surface area contributed by atoms with Gasteiger partial charge in [0, 0.05) is 12.2 Å². The molecular weight excluding hydrogens is 220 g/mol. The molecule has 0 spiro atoms. The number of benzene rings is 1. The van der Waals surface area contributed by atoms with Crippen molar-refractivity contribution < 1.29 is 0 Å². The van der Waals surface area contributed by atoms with E-state index in [1.165, 1.54) is 0 Å². The van der Waals surface area contributed by atoms with Crippen LogP contribution < -0.4 is 11.1 Å². The van der Waals surface area contributed by atoms with Gasteiger partial charge in [-0.05, 0) is 18.1 Å². The second-order valence-corrected chi connectivity index (χ2v) is 4.47. The molecular formula is C11H14N4S. The summed E-state index contributed by atoms with van der Waals surface area (Å²) in [5.41, 5.74) is 7.72. The second kappa shape index (κ2) is 4.94. The number of nitrogens with one attached hydrogen (secondary N) is 1. The smallest absolute Gasteiger partial charge is 0.205 e. The van der Waals surface area contributed by atoms with Gasteiger partial charge in [-0.2, -0.15) is 0 Å². The van der Waals surface area contributed by atoms with Crippen LogP contribution >= 0.6 is 11.3 Å². The Morgan fingerprint density at radius 2 is 2.12 bits per heavy atom. The standard InChI is InChI=1S/C11H14N4S/c1-2-10-14-15-11(16-10)13-7-8-5-3-4-6-9(8)12/h3-6H,2,7,12H2,1H3,(H,13,15). The van der Waals surface area contributed by atoms with Gasteiger partial charge in [-0.1, -0.05) is 36.5 Å². The second-order valence-electron chi connectivity index (χ2n) is 3.41. The average molecular weight is 234 g/mol. The number of nitrogens with zero attached hydrogens (tertiary/aromatic N) is 2. The van der Waals surface area contributed by atoms with Gasteiger partial charge in [-0.25, -0.2) is 0 Å². The van der Waals surface area contributed by atoms with Gasteiger partial charge >= 0.3 is 0 Å². The average Bonchev–Trinajstić information content (AvgIpc) is 2.76. The van der Waals surface area contributed by atoms with E-state index in [4.69, 9.17) is 5.73 Å². The molecule has 0 radical (unpaired) electrons. The molecule has 0 amide bonds. The Morgan fingerprint density at radius 1 is 1.31 bits per heavy atom. The van der Waals surface area contributed by atoms with Crippen molar-refractivity contribution in [3.8, 4) is 0 Å². The lowest BCUT2D eigenvalue weighted by Gasteiger charge is -2.04. The molecule has 84 valence electrons. The van der Waals surface area contributed by atoms with E-state index in [0.29, 0.717) is 6.54 Å². The summed E-state index contributed by atoms with van der Waals surface area (Å²) in [5.74, 6) is 0. The molecule has 0 saturated heterocycles. The van der Waals surface area contributed by atoms with Gasteiger partial charge in [0.2, 0.25) is 5.13 Å². The zero-order chi connectivity index (χ0) is 11.4. The van der Waals surface area contributed by atoms with Crippen LogP contribution in [0.15, 0.2) is 24.3 Å². The van der Waals surface area contributed by atoms with Crippen molar-refractivity contribution in [2.45, 2.75) is 19.9 Å². The number of nitrogen functional groups attached to an aromatic ring is 1. The quantitative estimate of drug-likeness (QED) is 0.797. The van der Waals surface area contributed by atoms with Gasteiger partial charge in [0.05, 0.1) is 0 Å². The minimum atomic E-state index is 0.686. The molecule has 0 aliphatic carbocycles. The molecule has 0 aliphatic rings. The van der Waals surface area contributed by atoms with Crippen LogP contribution in [-0.2, 0) is 13.0 Å². The van der Waals surface area contributed by atoms with Crippen molar-refractivity contribution in [1.82, 2.24) is 10.2 Å². The fourth-order valence-corrected chi connectivity index (χ4v) is 2.01. The van der Waals surface area contributed by atoms with E-state index in [9.17, 15) is 0 Å². The van der Waals surface area contributed by atoms with Crippen molar-refractivity contribution >= 4 is 22.2 Å². The van der Waals surface area contributed by atoms with Gasteiger partial charge in [0.25, 0.3) is 0 Å². The van der Waals surface area contributed by atoms with Gasteiger partial charge in [-0.15, -0.1) is 10.2 Å². The minimum absolute atomic E-state index is 0.686. The first-order chi connectivity index (χ1) is 7.79. The highest BCUT2D eigenvalue weighted by Gasteiger charge is 2.02. The lowest BCUT2D eigenvalue weighted by molar-refractivity contribution is 0.975. The van der Waals surface area contributed by atoms with Gasteiger partial charge in [0.1, 0.15) is 5.01 Å². The highest BCUT2D eigenvalue weighted by Crippen LogP contribution is 2.18. The van der Waals surface area contributed by atoms with Crippen molar-refractivity contribution in [2.75, 3.05) is 11.1 Å². The summed E-state index contributed by atoms with van der Waals surface area (Å²) >= 11 is 1.58. The Kier molecular flexibility index (Phi) is 3.36. The normalized spacial score (nSPS) is 10.3. The first kappa shape index (κ1) is 10.9. The maximum absolute atomic E-state index is 5.84. The predicted molar refractivity (Wildman–Crippen MR) is 67.5 cm³/mol. The molecule has 0 atom stereocenters. The van der Waals surface area contributed by atoms with E-state index in [0.717, 1.165) is 27.8 Å². The van der Waals surface area contributed by atoms with E-state index < -0.39 is 0 Å². The summed E-state index contributed by atoms with van der Waals surface area (Å²) in [7, 11) is 0. The van der Waals surface area contributed by atoms with E-state index in [2.05, 4.69) is 22.4 Å². The summed E-state index contributed by atoms with van der Waals surface area (Å²) < 4.78 is 0. The Hall–Kier alpha value is -1.62. The van der Waals surface area contributed by atoms with Crippen molar-refractivity contribution in [3.63, 3.8) is 0 Å². The molecule has 0 unspecified atom stereocenters. The molecule has 2 rings (SSSR count). The van der Waals surface area contributed by atoms with Crippen LogP contribution in [0.2, 0.25) is 0 Å². The highest BCUT2D eigenvalue weighted by molar-refractivity contribution is 7.15. The number of aromatic nitrogens is 2. The summed E-state index contributed by atoms with van der Waals surface area (Å²) in [5, 5.41) is 13.2. The molecule has 0 bridgehead atoms. The minimum Gasteiger partial charge on any atom is -0.398 e. The molecule has 1 aromatic heterocycles. The molecule has 1 heterocycles. The van der Waals surface area contributed by atoms with Crippen LogP contribution in [0.25, 0.3) is 0 Å². The van der Waals surface area contributed by atoms with Crippen molar-refractivity contribution in [3.05, 3.63) is 34.8 Å². The van der Waals surface area contributed by atoms with Crippen LogP contribution in [0, 0.1) is 0 Å². The SMILES string of the molecule is CCc1nnc(NCc2ccccc2N)s1. The number of para-hydroxylation sites is 1. The van der Waals surface area contributed by atoms with Gasteiger partial charge in [-0.3, -0.25) is 0 Å². The third kappa shape index (κ3) is 2.49. The summed E-state index contributed by atoms with van der Waals surface area (Å²) in [6.45, 7) is 2.75. The molecule has 2 aromatic rings. The maximum atomic E-state index is 5.84. The van der Waals surface area contributed by atoms with E-state index >= 15 is 0 Å². The number of anilines is 2. The zero-order valence-electron chi connectivity index (χ0n) is 9.10. The van der Waals surface area contributed by atoms with E-state index in [1.54, 1.807) is 11.3 Å². The Bertz CT molecular complexity index is 467. The molecule has 16 heavy (non-hydrogen) atoms. The predicted octanol–water partition coefficient (Wildman–Crippen LogP) is 2.29. The van der Waals surface area contributed by atoms with Crippen molar-refractivity contribution in [2.24, 2.45) is 0 Å². The Labute approximate surface area is 98.5 Å². The fraction of sp³-hybridized carbons (Fsp3) is 0.273.